The van der Waals surface area contributed by atoms with Gasteiger partial charge in [-0.15, -0.1) is 0 Å². The summed E-state index contributed by atoms with van der Waals surface area (Å²) >= 11 is 0. The quantitative estimate of drug-likeness (QED) is 0.358. The second kappa shape index (κ2) is 10.7. The minimum Gasteiger partial charge on any atom is -0.507 e. The van der Waals surface area contributed by atoms with Crippen LogP contribution >= 0.6 is 0 Å². The van der Waals surface area contributed by atoms with Crippen molar-refractivity contribution in [2.45, 2.75) is 45.4 Å². The van der Waals surface area contributed by atoms with Crippen LogP contribution in [-0.2, 0) is 38.7 Å². The molecule has 1 amide bonds. The summed E-state index contributed by atoms with van der Waals surface area (Å²) in [6, 6.07) is 11.5. The van der Waals surface area contributed by atoms with Crippen molar-refractivity contribution in [3.8, 4) is 5.75 Å². The Balaban J connectivity index is 1.56. The molecule has 2 unspecified atom stereocenters. The SMILES string of the molecule is CC(C)[C@@H]1C(=O)C(C(N)=O)C(=O)[C@@]2(O)C(=O)C3C(=O)c4c(O)c(CNCc5ccccc5)cc(N(C)C)c4C[C@H]3C[C@@H]12. The molecule has 2 aromatic carbocycles. The fourth-order valence-corrected chi connectivity index (χ4v) is 7.43. The average molecular weight is 576 g/mol. The Morgan fingerprint density at radius 2 is 1.76 bits per heavy atom. The number of aromatic hydroxyl groups is 1. The Kier molecular flexibility index (Phi) is 7.57. The predicted octanol–water partition coefficient (Wildman–Crippen LogP) is 1.56. The maximum Gasteiger partial charge on any atom is 0.235 e. The summed E-state index contributed by atoms with van der Waals surface area (Å²) in [4.78, 5) is 69.0. The normalized spacial score (nSPS) is 28.8. The van der Waals surface area contributed by atoms with Crippen LogP contribution in [0.3, 0.4) is 0 Å². The van der Waals surface area contributed by atoms with Crippen LogP contribution in [0.5, 0.6) is 5.75 Å². The molecule has 2 aromatic rings. The third kappa shape index (κ3) is 4.44. The van der Waals surface area contributed by atoms with Crippen molar-refractivity contribution in [3.05, 3.63) is 58.7 Å². The van der Waals surface area contributed by atoms with Crippen LogP contribution in [0.25, 0.3) is 0 Å². The van der Waals surface area contributed by atoms with Crippen molar-refractivity contribution in [1.29, 1.82) is 0 Å². The molecule has 10 nitrogen and oxygen atoms in total. The van der Waals surface area contributed by atoms with E-state index in [0.29, 0.717) is 23.4 Å². The molecule has 0 bridgehead atoms. The van der Waals surface area contributed by atoms with E-state index >= 15 is 0 Å². The molecule has 0 aromatic heterocycles. The van der Waals surface area contributed by atoms with Crippen LogP contribution in [-0.4, -0.2) is 58.9 Å². The number of phenolic OH excluding ortho intramolecular Hbond substituents is 1. The van der Waals surface area contributed by atoms with Gasteiger partial charge < -0.3 is 26.2 Å². The molecule has 3 aliphatic rings. The van der Waals surface area contributed by atoms with Gasteiger partial charge in [-0.05, 0) is 41.9 Å². The molecule has 5 rings (SSSR count). The number of primary amides is 1. The van der Waals surface area contributed by atoms with Crippen LogP contribution in [0.1, 0.15) is 47.3 Å². The van der Waals surface area contributed by atoms with Gasteiger partial charge in [-0.1, -0.05) is 44.2 Å². The first-order valence-electron chi connectivity index (χ1n) is 14.3. The fourth-order valence-electron chi connectivity index (χ4n) is 7.43. The van der Waals surface area contributed by atoms with Gasteiger partial charge in [-0.3, -0.25) is 24.0 Å². The van der Waals surface area contributed by atoms with Gasteiger partial charge in [0.15, 0.2) is 34.7 Å². The largest absolute Gasteiger partial charge is 0.507 e. The molecular weight excluding hydrogens is 538 g/mol. The number of fused-ring (bicyclic) bond motifs is 3. The summed E-state index contributed by atoms with van der Waals surface area (Å²) in [6.07, 6.45) is 0.285. The zero-order valence-corrected chi connectivity index (χ0v) is 24.2. The van der Waals surface area contributed by atoms with E-state index in [-0.39, 0.29) is 30.7 Å². The van der Waals surface area contributed by atoms with Crippen molar-refractivity contribution in [1.82, 2.24) is 5.32 Å². The molecule has 5 N–H and O–H groups in total. The lowest BCUT2D eigenvalue weighted by atomic mass is 9.49. The molecule has 0 saturated heterocycles. The van der Waals surface area contributed by atoms with Gasteiger partial charge in [0.05, 0.1) is 11.5 Å². The summed E-state index contributed by atoms with van der Waals surface area (Å²) in [5.74, 6) is -11.5. The second-order valence-electron chi connectivity index (χ2n) is 12.4. The summed E-state index contributed by atoms with van der Waals surface area (Å²) in [7, 11) is 3.65. The van der Waals surface area contributed by atoms with Crippen molar-refractivity contribution in [2.75, 3.05) is 19.0 Å². The number of hydrogen-bond acceptors (Lipinski definition) is 9. The lowest BCUT2D eigenvalue weighted by Gasteiger charge is -2.52. The van der Waals surface area contributed by atoms with Crippen LogP contribution in [0.4, 0.5) is 5.69 Å². The van der Waals surface area contributed by atoms with E-state index in [1.165, 1.54) is 0 Å². The number of phenols is 1. The number of hydrogen-bond donors (Lipinski definition) is 4. The second-order valence-corrected chi connectivity index (χ2v) is 12.4. The highest BCUT2D eigenvalue weighted by Crippen LogP contribution is 2.54. The number of nitrogens with two attached hydrogens (primary N) is 1. The highest BCUT2D eigenvalue weighted by Gasteiger charge is 2.69. The molecular formula is C32H37N3O7. The van der Waals surface area contributed by atoms with E-state index in [2.05, 4.69) is 5.32 Å². The highest BCUT2D eigenvalue weighted by molar-refractivity contribution is 6.32. The molecule has 0 radical (unpaired) electrons. The van der Waals surface area contributed by atoms with E-state index < -0.39 is 70.1 Å². The number of nitrogens with one attached hydrogen (secondary N) is 1. The first kappa shape index (κ1) is 29.6. The van der Waals surface area contributed by atoms with Crippen LogP contribution in [0.2, 0.25) is 0 Å². The van der Waals surface area contributed by atoms with Crippen molar-refractivity contribution < 1.29 is 34.2 Å². The number of anilines is 1. The Labute approximate surface area is 244 Å². The standard InChI is InChI=1S/C32H37N3O7/c1-15(2)22-20-11-17-10-19-21(35(3)4)12-18(14-34-13-16-8-6-5-7-9-16)26(36)24(19)28(38)23(17)29(39)32(20,42)30(40)25(27(22)37)31(33)41/h5-9,12,15,17,20,22-23,25,34,36,42H,10-11,13-14H2,1-4H3,(H2,33,41)/t17-,20-,22-,23?,25?,32-/m0/s1. The van der Waals surface area contributed by atoms with Gasteiger partial charge in [0.2, 0.25) is 5.91 Å². The van der Waals surface area contributed by atoms with Crippen molar-refractivity contribution >= 4 is 34.7 Å². The van der Waals surface area contributed by atoms with E-state index in [0.717, 1.165) is 5.56 Å². The van der Waals surface area contributed by atoms with Gasteiger partial charge in [0.25, 0.3) is 0 Å². The molecule has 42 heavy (non-hydrogen) atoms. The number of nitrogens with zero attached hydrogens (tertiary/aromatic N) is 1. The Morgan fingerprint density at radius 3 is 2.36 bits per heavy atom. The molecule has 222 valence electrons. The maximum absolute atomic E-state index is 14.1. The topological polar surface area (TPSA) is 167 Å². The molecule has 10 heteroatoms. The zero-order chi connectivity index (χ0) is 30.7. The third-order valence-electron chi connectivity index (χ3n) is 9.34. The minimum absolute atomic E-state index is 0.000516. The molecule has 0 heterocycles. The summed E-state index contributed by atoms with van der Waals surface area (Å²) < 4.78 is 0. The fraction of sp³-hybridized carbons (Fsp3) is 0.469. The Morgan fingerprint density at radius 1 is 1.10 bits per heavy atom. The van der Waals surface area contributed by atoms with E-state index in [1.807, 2.05) is 55.4 Å². The molecule has 0 aliphatic heterocycles. The maximum atomic E-state index is 14.1. The molecule has 0 spiro atoms. The van der Waals surface area contributed by atoms with E-state index in [4.69, 9.17) is 5.73 Å². The lowest BCUT2D eigenvalue weighted by Crippen LogP contribution is -2.71. The van der Waals surface area contributed by atoms with Crippen LogP contribution in [0, 0.1) is 35.5 Å². The monoisotopic (exact) mass is 575 g/mol. The number of benzene rings is 2. The molecule has 6 atom stereocenters. The van der Waals surface area contributed by atoms with Gasteiger partial charge in [0.1, 0.15) is 5.75 Å². The van der Waals surface area contributed by atoms with Crippen LogP contribution in [0.15, 0.2) is 36.4 Å². The molecule has 2 fully saturated rings. The van der Waals surface area contributed by atoms with Gasteiger partial charge in [-0.25, -0.2) is 0 Å². The first-order chi connectivity index (χ1) is 19.8. The number of amides is 1. The van der Waals surface area contributed by atoms with Gasteiger partial charge in [-0.2, -0.15) is 0 Å². The summed E-state index contributed by atoms with van der Waals surface area (Å²) in [5.41, 5.74) is 5.51. The Hall–Kier alpha value is -3.89. The average Bonchev–Trinajstić information content (AvgIpc) is 2.92. The Bertz CT molecular complexity index is 1480. The number of ketones is 4. The van der Waals surface area contributed by atoms with Crippen molar-refractivity contribution in [3.63, 3.8) is 0 Å². The van der Waals surface area contributed by atoms with E-state index in [1.54, 1.807) is 13.8 Å². The molecule has 3 aliphatic carbocycles. The molecule has 2 saturated carbocycles. The smallest absolute Gasteiger partial charge is 0.235 e. The first-order valence-corrected chi connectivity index (χ1v) is 14.3. The highest BCUT2D eigenvalue weighted by atomic mass is 16.3. The predicted molar refractivity (Wildman–Crippen MR) is 154 cm³/mol. The van der Waals surface area contributed by atoms with Crippen molar-refractivity contribution in [2.24, 2.45) is 41.2 Å². The summed E-state index contributed by atoms with van der Waals surface area (Å²) in [6.45, 7) is 4.22. The number of Topliss-reactive ketones (excluding diaryl/α,β-unsaturated/α-hetero) is 4. The number of carbonyl (C=O) groups excluding carboxylic acids is 5. The summed E-state index contributed by atoms with van der Waals surface area (Å²) in [5, 5.41) is 26.4. The number of carbonyl (C=O) groups is 5. The number of aliphatic hydroxyl groups is 1. The van der Waals surface area contributed by atoms with Crippen LogP contribution < -0.4 is 16.0 Å². The third-order valence-corrected chi connectivity index (χ3v) is 9.34. The van der Waals surface area contributed by atoms with Gasteiger partial charge >= 0.3 is 0 Å². The minimum atomic E-state index is -2.70. The lowest BCUT2D eigenvalue weighted by molar-refractivity contribution is -0.182. The zero-order valence-electron chi connectivity index (χ0n) is 24.2. The van der Waals surface area contributed by atoms with Gasteiger partial charge in [0, 0.05) is 50.3 Å². The number of rotatable bonds is 7. The van der Waals surface area contributed by atoms with E-state index in [9.17, 15) is 34.2 Å².